The summed E-state index contributed by atoms with van der Waals surface area (Å²) in [5.41, 5.74) is -1.36. The number of hydrogen-bond donors (Lipinski definition) is 2. The van der Waals surface area contributed by atoms with Crippen LogP contribution >= 0.6 is 15.9 Å². The maximum absolute atomic E-state index is 12.3. The fourth-order valence-corrected chi connectivity index (χ4v) is 1.75. The molecule has 0 aliphatic heterocycles. The molecule has 0 saturated carbocycles. The zero-order chi connectivity index (χ0) is 14.8. The molecule has 0 spiro atoms. The number of H-pyrrole nitrogens is 1. The average molecular weight is 352 g/mol. The molecule has 0 saturated heterocycles. The second-order valence-electron chi connectivity index (χ2n) is 3.84. The van der Waals surface area contributed by atoms with Crippen LogP contribution in [0.1, 0.15) is 16.2 Å². The number of aromatic nitrogens is 4. The van der Waals surface area contributed by atoms with Crippen LogP contribution in [0.4, 0.5) is 13.2 Å². The molecule has 0 aliphatic carbocycles. The Hall–Kier alpha value is -1.84. The summed E-state index contributed by atoms with van der Waals surface area (Å²) in [5.74, 6) is -0.678. The first-order valence-corrected chi connectivity index (χ1v) is 6.24. The summed E-state index contributed by atoms with van der Waals surface area (Å²) >= 11 is 3.22. The van der Waals surface area contributed by atoms with Crippen molar-refractivity contribution in [2.24, 2.45) is 0 Å². The van der Waals surface area contributed by atoms with E-state index >= 15 is 0 Å². The van der Waals surface area contributed by atoms with Gasteiger partial charge in [-0.3, -0.25) is 14.6 Å². The Kier molecular flexibility index (Phi) is 4.12. The van der Waals surface area contributed by atoms with Crippen LogP contribution in [-0.2, 0) is 12.7 Å². The molecule has 0 radical (unpaired) electrons. The van der Waals surface area contributed by atoms with Gasteiger partial charge in [0, 0.05) is 18.8 Å². The van der Waals surface area contributed by atoms with Crippen molar-refractivity contribution in [1.29, 1.82) is 0 Å². The van der Waals surface area contributed by atoms with E-state index < -0.39 is 17.8 Å². The van der Waals surface area contributed by atoms with Crippen LogP contribution in [0, 0.1) is 0 Å². The number of halogens is 4. The zero-order valence-corrected chi connectivity index (χ0v) is 11.5. The fraction of sp³-hybridized carbons (Fsp3) is 0.300. The van der Waals surface area contributed by atoms with Gasteiger partial charge in [-0.2, -0.15) is 23.4 Å². The van der Waals surface area contributed by atoms with E-state index in [-0.39, 0.29) is 12.2 Å². The largest absolute Gasteiger partial charge is 0.432 e. The summed E-state index contributed by atoms with van der Waals surface area (Å²) in [6.45, 7) is 0.620. The quantitative estimate of drug-likeness (QED) is 0.882. The van der Waals surface area contributed by atoms with E-state index in [0.717, 1.165) is 4.47 Å². The Morgan fingerprint density at radius 1 is 1.50 bits per heavy atom. The Morgan fingerprint density at radius 2 is 2.25 bits per heavy atom. The summed E-state index contributed by atoms with van der Waals surface area (Å²) in [7, 11) is 0. The molecular weight excluding hydrogens is 343 g/mol. The molecule has 2 aromatic heterocycles. The lowest BCUT2D eigenvalue weighted by Gasteiger charge is -2.03. The van der Waals surface area contributed by atoms with Crippen molar-refractivity contribution in [3.8, 4) is 0 Å². The summed E-state index contributed by atoms with van der Waals surface area (Å²) in [6, 6.07) is 0.666. The summed E-state index contributed by atoms with van der Waals surface area (Å²) in [5, 5.41) is 11.5. The lowest BCUT2D eigenvalue weighted by atomic mass is 10.3. The Balaban J connectivity index is 1.87. The normalized spacial score (nSPS) is 11.6. The van der Waals surface area contributed by atoms with E-state index in [4.69, 9.17) is 0 Å². The van der Waals surface area contributed by atoms with E-state index in [2.05, 4.69) is 31.4 Å². The van der Waals surface area contributed by atoms with Gasteiger partial charge in [-0.05, 0) is 15.9 Å². The van der Waals surface area contributed by atoms with Crippen LogP contribution < -0.4 is 5.32 Å². The van der Waals surface area contributed by atoms with E-state index in [1.807, 2.05) is 0 Å². The molecule has 20 heavy (non-hydrogen) atoms. The van der Waals surface area contributed by atoms with Crippen LogP contribution in [0.15, 0.2) is 22.9 Å². The summed E-state index contributed by atoms with van der Waals surface area (Å²) in [4.78, 5) is 11.6. The van der Waals surface area contributed by atoms with Gasteiger partial charge in [-0.15, -0.1) is 0 Å². The highest BCUT2D eigenvalue weighted by Crippen LogP contribution is 2.27. The SMILES string of the molecule is O=C(NCCn1cc(Br)cn1)c1cc(C(F)(F)F)[nH]n1. The van der Waals surface area contributed by atoms with Gasteiger partial charge in [0.15, 0.2) is 5.69 Å². The van der Waals surface area contributed by atoms with Gasteiger partial charge in [0.2, 0.25) is 0 Å². The number of rotatable bonds is 4. The predicted molar refractivity (Wildman–Crippen MR) is 65.8 cm³/mol. The van der Waals surface area contributed by atoms with Gasteiger partial charge in [0.1, 0.15) is 5.69 Å². The number of hydrogen-bond acceptors (Lipinski definition) is 3. The second-order valence-corrected chi connectivity index (χ2v) is 4.76. The van der Waals surface area contributed by atoms with Gasteiger partial charge in [0.05, 0.1) is 17.2 Å². The number of nitrogens with zero attached hydrogens (tertiary/aromatic N) is 3. The summed E-state index contributed by atoms with van der Waals surface area (Å²) < 4.78 is 39.3. The predicted octanol–water partition coefficient (Wildman–Crippen LogP) is 1.82. The van der Waals surface area contributed by atoms with Crippen molar-refractivity contribution >= 4 is 21.8 Å². The lowest BCUT2D eigenvalue weighted by Crippen LogP contribution is -2.27. The molecular formula is C10H9BrF3N5O. The highest BCUT2D eigenvalue weighted by Gasteiger charge is 2.33. The van der Waals surface area contributed by atoms with Crippen molar-refractivity contribution in [3.05, 3.63) is 34.3 Å². The highest BCUT2D eigenvalue weighted by atomic mass is 79.9. The number of carbonyl (C=O) groups is 1. The van der Waals surface area contributed by atoms with Crippen molar-refractivity contribution in [1.82, 2.24) is 25.3 Å². The monoisotopic (exact) mass is 351 g/mol. The molecule has 10 heteroatoms. The van der Waals surface area contributed by atoms with E-state index in [1.54, 1.807) is 22.2 Å². The van der Waals surface area contributed by atoms with Crippen LogP contribution in [0.25, 0.3) is 0 Å². The molecule has 2 aromatic rings. The standard InChI is InChI=1S/C10H9BrF3N5O/c11-6-4-16-19(5-6)2-1-15-9(20)7-3-8(18-17-7)10(12,13)14/h3-5H,1-2H2,(H,15,20)(H,17,18). The maximum Gasteiger partial charge on any atom is 0.432 e. The lowest BCUT2D eigenvalue weighted by molar-refractivity contribution is -0.141. The third kappa shape index (κ3) is 3.59. The molecule has 1 amide bonds. The number of aromatic amines is 1. The first-order valence-electron chi connectivity index (χ1n) is 5.45. The minimum Gasteiger partial charge on any atom is -0.349 e. The first-order chi connectivity index (χ1) is 9.36. The fourth-order valence-electron chi connectivity index (χ4n) is 1.42. The number of nitrogens with one attached hydrogen (secondary N) is 2. The molecule has 6 nitrogen and oxygen atoms in total. The first kappa shape index (κ1) is 14.6. The molecule has 0 fully saturated rings. The van der Waals surface area contributed by atoms with Crippen molar-refractivity contribution in [3.63, 3.8) is 0 Å². The molecule has 108 valence electrons. The topological polar surface area (TPSA) is 75.6 Å². The molecule has 0 atom stereocenters. The molecule has 0 unspecified atom stereocenters. The Morgan fingerprint density at radius 3 is 2.80 bits per heavy atom. The number of carbonyl (C=O) groups excluding carboxylic acids is 1. The van der Waals surface area contributed by atoms with Gasteiger partial charge >= 0.3 is 6.18 Å². The van der Waals surface area contributed by atoms with Crippen molar-refractivity contribution < 1.29 is 18.0 Å². The van der Waals surface area contributed by atoms with Crippen molar-refractivity contribution in [2.75, 3.05) is 6.54 Å². The van der Waals surface area contributed by atoms with E-state index in [9.17, 15) is 18.0 Å². The minimum atomic E-state index is -4.55. The van der Waals surface area contributed by atoms with E-state index in [1.165, 1.54) is 0 Å². The van der Waals surface area contributed by atoms with Crippen LogP contribution in [0.5, 0.6) is 0 Å². The molecule has 2 N–H and O–H groups in total. The maximum atomic E-state index is 12.3. The third-order valence-electron chi connectivity index (χ3n) is 2.34. The van der Waals surface area contributed by atoms with E-state index in [0.29, 0.717) is 12.6 Å². The van der Waals surface area contributed by atoms with Crippen LogP contribution in [0.2, 0.25) is 0 Å². The van der Waals surface area contributed by atoms with Gasteiger partial charge in [0.25, 0.3) is 5.91 Å². The smallest absolute Gasteiger partial charge is 0.349 e. The Labute approximate surface area is 119 Å². The number of amides is 1. The average Bonchev–Trinajstić information content (AvgIpc) is 2.97. The molecule has 0 bridgehead atoms. The second kappa shape index (κ2) is 5.65. The molecule has 0 aromatic carbocycles. The highest BCUT2D eigenvalue weighted by molar-refractivity contribution is 9.10. The van der Waals surface area contributed by atoms with Crippen LogP contribution in [-0.4, -0.2) is 32.4 Å². The van der Waals surface area contributed by atoms with Gasteiger partial charge in [-0.25, -0.2) is 0 Å². The molecule has 2 heterocycles. The zero-order valence-electron chi connectivity index (χ0n) is 9.91. The summed E-state index contributed by atoms with van der Waals surface area (Å²) in [6.07, 6.45) is -1.25. The Bertz CT molecular complexity index is 606. The van der Waals surface area contributed by atoms with Gasteiger partial charge in [-0.1, -0.05) is 0 Å². The molecule has 0 aliphatic rings. The minimum absolute atomic E-state index is 0.223. The van der Waals surface area contributed by atoms with Gasteiger partial charge < -0.3 is 5.32 Å². The van der Waals surface area contributed by atoms with Crippen LogP contribution in [0.3, 0.4) is 0 Å². The molecule has 2 rings (SSSR count). The van der Waals surface area contributed by atoms with Crippen molar-refractivity contribution in [2.45, 2.75) is 12.7 Å². The number of alkyl halides is 3. The third-order valence-corrected chi connectivity index (χ3v) is 2.75.